The molecule has 0 saturated carbocycles. The van der Waals surface area contributed by atoms with E-state index in [1.807, 2.05) is 13.0 Å². The summed E-state index contributed by atoms with van der Waals surface area (Å²) in [6.07, 6.45) is 1.37. The van der Waals surface area contributed by atoms with E-state index in [4.69, 9.17) is 5.26 Å². The molecule has 86 valence electrons. The monoisotopic (exact) mass is 246 g/mol. The van der Waals surface area contributed by atoms with Gasteiger partial charge in [-0.2, -0.15) is 5.26 Å². The van der Waals surface area contributed by atoms with Gasteiger partial charge in [0.15, 0.2) is 0 Å². The van der Waals surface area contributed by atoms with Crippen LogP contribution in [0.1, 0.15) is 11.3 Å². The number of rotatable bonds is 2. The van der Waals surface area contributed by atoms with E-state index in [-0.39, 0.29) is 10.6 Å². The van der Waals surface area contributed by atoms with Gasteiger partial charge in [-0.25, -0.2) is 12.4 Å². The van der Waals surface area contributed by atoms with Crippen molar-refractivity contribution < 1.29 is 8.42 Å². The van der Waals surface area contributed by atoms with Crippen molar-refractivity contribution in [3.63, 3.8) is 0 Å². The van der Waals surface area contributed by atoms with E-state index in [0.29, 0.717) is 0 Å². The lowest BCUT2D eigenvalue weighted by molar-refractivity contribution is 0.587. The number of hydrogen-bond donors (Lipinski definition) is 0. The fourth-order valence-electron chi connectivity index (χ4n) is 1.49. The lowest BCUT2D eigenvalue weighted by Crippen LogP contribution is -2.13. The minimum Gasteiger partial charge on any atom is -0.232 e. The molecule has 0 aliphatic heterocycles. The van der Waals surface area contributed by atoms with Gasteiger partial charge in [-0.1, -0.05) is 17.7 Å². The second-order valence-electron chi connectivity index (χ2n) is 3.62. The summed E-state index contributed by atoms with van der Waals surface area (Å²) < 4.78 is 25.4. The Morgan fingerprint density at radius 2 is 1.82 bits per heavy atom. The molecular weight excluding hydrogens is 236 g/mol. The van der Waals surface area contributed by atoms with Crippen molar-refractivity contribution in [3.8, 4) is 6.07 Å². The van der Waals surface area contributed by atoms with Gasteiger partial charge in [0.1, 0.15) is 11.8 Å². The summed E-state index contributed by atoms with van der Waals surface area (Å²) in [6.45, 7) is 1.88. The van der Waals surface area contributed by atoms with Crippen LogP contribution in [-0.4, -0.2) is 12.4 Å². The SMILES string of the molecule is Cc1ccc(S(=O)(=O)n2cccc2C#N)cc1. The Hall–Kier alpha value is -2.06. The van der Waals surface area contributed by atoms with Crippen LogP contribution >= 0.6 is 0 Å². The third-order valence-corrected chi connectivity index (χ3v) is 4.11. The summed E-state index contributed by atoms with van der Waals surface area (Å²) in [7, 11) is -3.66. The largest absolute Gasteiger partial charge is 0.268 e. The second-order valence-corrected chi connectivity index (χ2v) is 5.43. The minimum atomic E-state index is -3.66. The number of nitrogens with zero attached hydrogens (tertiary/aromatic N) is 2. The van der Waals surface area contributed by atoms with E-state index < -0.39 is 10.0 Å². The van der Waals surface area contributed by atoms with Crippen molar-refractivity contribution in [2.45, 2.75) is 11.8 Å². The van der Waals surface area contributed by atoms with Crippen LogP contribution in [-0.2, 0) is 10.0 Å². The van der Waals surface area contributed by atoms with E-state index in [1.165, 1.54) is 30.5 Å². The summed E-state index contributed by atoms with van der Waals surface area (Å²) in [5.74, 6) is 0. The molecule has 2 aromatic rings. The van der Waals surface area contributed by atoms with Gasteiger partial charge < -0.3 is 0 Å². The maximum atomic E-state index is 12.2. The Balaban J connectivity index is 2.59. The summed E-state index contributed by atoms with van der Waals surface area (Å²) in [4.78, 5) is 0.177. The molecular formula is C12H10N2O2S. The van der Waals surface area contributed by atoms with Gasteiger partial charge in [0.2, 0.25) is 0 Å². The molecule has 1 heterocycles. The maximum absolute atomic E-state index is 12.2. The van der Waals surface area contributed by atoms with Crippen LogP contribution in [0.5, 0.6) is 0 Å². The summed E-state index contributed by atoms with van der Waals surface area (Å²) in [5, 5.41) is 8.83. The molecule has 17 heavy (non-hydrogen) atoms. The molecule has 0 amide bonds. The number of nitriles is 1. The molecule has 0 N–H and O–H groups in total. The standard InChI is InChI=1S/C12H10N2O2S/c1-10-4-6-12(7-5-10)17(15,16)14-8-2-3-11(14)9-13/h2-8H,1H3. The normalized spacial score (nSPS) is 11.1. The third-order valence-electron chi connectivity index (χ3n) is 2.41. The van der Waals surface area contributed by atoms with Crippen LogP contribution in [0.2, 0.25) is 0 Å². The molecule has 0 unspecified atom stereocenters. The molecule has 0 spiro atoms. The van der Waals surface area contributed by atoms with Crippen molar-refractivity contribution in [3.05, 3.63) is 53.9 Å². The van der Waals surface area contributed by atoms with E-state index >= 15 is 0 Å². The molecule has 0 bridgehead atoms. The van der Waals surface area contributed by atoms with E-state index in [1.54, 1.807) is 12.1 Å². The van der Waals surface area contributed by atoms with E-state index in [2.05, 4.69) is 0 Å². The Morgan fingerprint density at radius 1 is 1.18 bits per heavy atom. The van der Waals surface area contributed by atoms with E-state index in [9.17, 15) is 8.42 Å². The van der Waals surface area contributed by atoms with Gasteiger partial charge in [0, 0.05) is 6.20 Å². The molecule has 0 fully saturated rings. The average Bonchev–Trinajstić information content (AvgIpc) is 2.78. The van der Waals surface area contributed by atoms with Gasteiger partial charge in [0.05, 0.1) is 4.90 Å². The van der Waals surface area contributed by atoms with E-state index in [0.717, 1.165) is 9.54 Å². The Morgan fingerprint density at radius 3 is 2.41 bits per heavy atom. The molecule has 5 heteroatoms. The highest BCUT2D eigenvalue weighted by Crippen LogP contribution is 2.16. The molecule has 0 atom stereocenters. The molecule has 0 aliphatic carbocycles. The Bertz CT molecular complexity index is 676. The number of hydrogen-bond acceptors (Lipinski definition) is 3. The first-order valence-corrected chi connectivity index (χ1v) is 6.39. The predicted molar refractivity (Wildman–Crippen MR) is 62.9 cm³/mol. The molecule has 0 aliphatic rings. The number of aromatic nitrogens is 1. The minimum absolute atomic E-state index is 0.102. The highest BCUT2D eigenvalue weighted by atomic mass is 32.2. The first-order valence-electron chi connectivity index (χ1n) is 4.95. The zero-order valence-electron chi connectivity index (χ0n) is 9.16. The van der Waals surface area contributed by atoms with Crippen molar-refractivity contribution in [2.75, 3.05) is 0 Å². The highest BCUT2D eigenvalue weighted by molar-refractivity contribution is 7.90. The van der Waals surface area contributed by atoms with Crippen LogP contribution < -0.4 is 0 Å². The summed E-state index contributed by atoms with van der Waals surface area (Å²) in [5.41, 5.74) is 1.09. The fraction of sp³-hybridized carbons (Fsp3) is 0.0833. The quantitative estimate of drug-likeness (QED) is 0.813. The van der Waals surface area contributed by atoms with Crippen molar-refractivity contribution in [1.29, 1.82) is 5.26 Å². The fourth-order valence-corrected chi connectivity index (χ4v) is 2.78. The molecule has 0 radical (unpaired) electrons. The van der Waals surface area contributed by atoms with Gasteiger partial charge in [0.25, 0.3) is 10.0 Å². The van der Waals surface area contributed by atoms with Crippen LogP contribution in [0.15, 0.2) is 47.5 Å². The van der Waals surface area contributed by atoms with Crippen LogP contribution in [0, 0.1) is 18.3 Å². The summed E-state index contributed by atoms with van der Waals surface area (Å²) in [6, 6.07) is 11.4. The lowest BCUT2D eigenvalue weighted by atomic mass is 10.2. The topological polar surface area (TPSA) is 62.9 Å². The maximum Gasteiger partial charge on any atom is 0.268 e. The van der Waals surface area contributed by atoms with Crippen LogP contribution in [0.3, 0.4) is 0 Å². The zero-order chi connectivity index (χ0) is 12.5. The lowest BCUT2D eigenvalue weighted by Gasteiger charge is -2.06. The second kappa shape index (κ2) is 4.07. The third kappa shape index (κ3) is 1.95. The summed E-state index contributed by atoms with van der Waals surface area (Å²) >= 11 is 0. The van der Waals surface area contributed by atoms with Crippen molar-refractivity contribution >= 4 is 10.0 Å². The van der Waals surface area contributed by atoms with Crippen LogP contribution in [0.4, 0.5) is 0 Å². The first kappa shape index (κ1) is 11.4. The zero-order valence-corrected chi connectivity index (χ0v) is 9.98. The van der Waals surface area contributed by atoms with Gasteiger partial charge in [-0.3, -0.25) is 0 Å². The smallest absolute Gasteiger partial charge is 0.232 e. The average molecular weight is 246 g/mol. The predicted octanol–water partition coefficient (Wildman–Crippen LogP) is 1.91. The van der Waals surface area contributed by atoms with Gasteiger partial charge in [-0.05, 0) is 31.2 Å². The number of benzene rings is 1. The molecule has 2 rings (SSSR count). The van der Waals surface area contributed by atoms with Gasteiger partial charge >= 0.3 is 0 Å². The van der Waals surface area contributed by atoms with Gasteiger partial charge in [-0.15, -0.1) is 0 Å². The Labute approximate surface area is 99.8 Å². The highest BCUT2D eigenvalue weighted by Gasteiger charge is 2.18. The number of aryl methyl sites for hydroxylation is 1. The molecule has 0 saturated heterocycles. The molecule has 4 nitrogen and oxygen atoms in total. The van der Waals surface area contributed by atoms with Crippen molar-refractivity contribution in [2.24, 2.45) is 0 Å². The van der Waals surface area contributed by atoms with Crippen LogP contribution in [0.25, 0.3) is 0 Å². The first-order chi connectivity index (χ1) is 8.05. The Kier molecular flexibility index (Phi) is 2.74. The molecule has 1 aromatic heterocycles. The molecule has 1 aromatic carbocycles. The van der Waals surface area contributed by atoms with Crippen molar-refractivity contribution in [1.82, 2.24) is 3.97 Å².